The lowest BCUT2D eigenvalue weighted by molar-refractivity contribution is -0.142. The van der Waals surface area contributed by atoms with Crippen molar-refractivity contribution in [3.05, 3.63) is 135 Å². The summed E-state index contributed by atoms with van der Waals surface area (Å²) in [5.41, 5.74) is 4.40. The van der Waals surface area contributed by atoms with E-state index in [1.165, 1.54) is 12.1 Å². The van der Waals surface area contributed by atoms with Gasteiger partial charge in [-0.25, -0.2) is 14.1 Å². The molecule has 0 saturated carbocycles. The van der Waals surface area contributed by atoms with E-state index in [4.69, 9.17) is 33.1 Å². The van der Waals surface area contributed by atoms with Crippen molar-refractivity contribution in [2.75, 3.05) is 6.61 Å². The fourth-order valence-electron chi connectivity index (χ4n) is 3.72. The van der Waals surface area contributed by atoms with Crippen molar-refractivity contribution in [1.82, 2.24) is 0 Å². The summed E-state index contributed by atoms with van der Waals surface area (Å²) in [4.78, 5) is 28.0. The minimum absolute atomic E-state index is 0.154. The molecule has 0 amide bonds. The number of aldehydes is 1. The highest BCUT2D eigenvalue weighted by Gasteiger charge is 2.07. The van der Waals surface area contributed by atoms with Crippen LogP contribution in [0.1, 0.15) is 40.3 Å². The molecule has 10 heteroatoms. The quantitative estimate of drug-likeness (QED) is 0.126. The summed E-state index contributed by atoms with van der Waals surface area (Å²) >= 11 is 0. The Hall–Kier alpha value is -6.49. The summed E-state index contributed by atoms with van der Waals surface area (Å²) in [5, 5.41) is 26.7. The highest BCUT2D eigenvalue weighted by molar-refractivity contribution is 5.72. The van der Waals surface area contributed by atoms with Crippen LogP contribution in [0.2, 0.25) is 0 Å². The molecule has 0 radical (unpaired) electrons. The molecule has 0 unspecified atom stereocenters. The highest BCUT2D eigenvalue weighted by Crippen LogP contribution is 2.30. The Morgan fingerprint density at radius 2 is 1.50 bits per heavy atom. The highest BCUT2D eigenvalue weighted by atomic mass is 19.1. The van der Waals surface area contributed by atoms with E-state index >= 15 is 0 Å². The van der Waals surface area contributed by atoms with Crippen molar-refractivity contribution in [1.29, 1.82) is 10.5 Å². The van der Waals surface area contributed by atoms with E-state index in [1.54, 1.807) is 43.3 Å². The minimum Gasteiger partial charge on any atom is -0.508 e. The van der Waals surface area contributed by atoms with Gasteiger partial charge in [-0.2, -0.15) is 10.5 Å². The van der Waals surface area contributed by atoms with Gasteiger partial charge in [0, 0.05) is 17.5 Å². The number of ether oxygens (including phenoxy) is 2. The number of phenols is 1. The Labute approximate surface area is 266 Å². The maximum absolute atomic E-state index is 12.5. The molecule has 0 aliphatic carbocycles. The van der Waals surface area contributed by atoms with Crippen LogP contribution in [0, 0.1) is 55.5 Å². The summed E-state index contributed by atoms with van der Waals surface area (Å²) in [6.45, 7) is 19.5. The fraction of sp³-hybridized carbons (Fsp3) is 0.167. The first kappa shape index (κ1) is 35.7. The number of aromatic hydroxyl groups is 1. The zero-order valence-electron chi connectivity index (χ0n) is 25.4. The van der Waals surface area contributed by atoms with Crippen molar-refractivity contribution in [2.45, 2.75) is 33.6 Å². The van der Waals surface area contributed by atoms with Gasteiger partial charge in [-0.05, 0) is 91.6 Å². The van der Waals surface area contributed by atoms with Gasteiger partial charge in [-0.3, -0.25) is 4.79 Å². The second kappa shape index (κ2) is 18.2. The summed E-state index contributed by atoms with van der Waals surface area (Å²) in [6, 6.07) is 22.7. The second-order valence-corrected chi connectivity index (χ2v) is 9.54. The van der Waals surface area contributed by atoms with Gasteiger partial charge >= 0.3 is 5.97 Å². The van der Waals surface area contributed by atoms with Crippen LogP contribution in [0.25, 0.3) is 9.69 Å². The zero-order chi connectivity index (χ0) is 34.1. The van der Waals surface area contributed by atoms with Crippen LogP contribution >= 0.6 is 0 Å². The third kappa shape index (κ3) is 11.7. The van der Waals surface area contributed by atoms with Gasteiger partial charge in [0.25, 0.3) is 0 Å². The standard InChI is InChI=1S/C17H12N2O2.C11H14O3.C8H3FN2/c1-12-3-4-13(5-6-20)9-17(12)21-16-8-14(11-18)7-15(10-16)19-2;1-3-14-11(13)7-9-5-4-8(2)10(12)6-9;1-11-8-3-6(5-10)2-7(9)4-8/h3-4,6-10H,5H2,1H3;4-6,12H,3,7H2,1-2H3;2-4H. The van der Waals surface area contributed by atoms with Gasteiger partial charge in [-0.1, -0.05) is 24.3 Å². The van der Waals surface area contributed by atoms with Crippen LogP contribution in [0.3, 0.4) is 0 Å². The van der Waals surface area contributed by atoms with Crippen LogP contribution < -0.4 is 4.74 Å². The predicted octanol–water partition coefficient (Wildman–Crippen LogP) is 8.01. The van der Waals surface area contributed by atoms with Crippen molar-refractivity contribution in [3.63, 3.8) is 0 Å². The molecule has 0 heterocycles. The maximum Gasteiger partial charge on any atom is 0.310 e. The summed E-state index contributed by atoms with van der Waals surface area (Å²) in [6.07, 6.45) is 1.37. The van der Waals surface area contributed by atoms with Crippen LogP contribution in [-0.4, -0.2) is 24.0 Å². The number of carbonyl (C=O) groups excluding carboxylic acids is 2. The lowest BCUT2D eigenvalue weighted by Crippen LogP contribution is -2.07. The summed E-state index contributed by atoms with van der Waals surface area (Å²) < 4.78 is 23.1. The molecule has 9 nitrogen and oxygen atoms in total. The number of nitrogens with zero attached hydrogens (tertiary/aromatic N) is 4. The average molecular weight is 617 g/mol. The van der Waals surface area contributed by atoms with Gasteiger partial charge in [0.15, 0.2) is 11.4 Å². The molecule has 0 fully saturated rings. The Morgan fingerprint density at radius 3 is 2.09 bits per heavy atom. The molecule has 0 aliphatic rings. The van der Waals surface area contributed by atoms with Crippen molar-refractivity contribution < 1.29 is 28.6 Å². The SMILES string of the molecule is CCOC(=O)Cc1ccc(C)c(O)c1.[C-]#[N+]c1cc(C#N)cc(Oc2cc(CC=O)ccc2C)c1.[C-]#[N+]c1cc(F)cc(C#N)c1. The number of aryl methyl sites for hydroxylation is 2. The van der Waals surface area contributed by atoms with Crippen molar-refractivity contribution in [3.8, 4) is 29.4 Å². The lowest BCUT2D eigenvalue weighted by atomic mass is 10.1. The molecule has 0 bridgehead atoms. The third-order valence-electron chi connectivity index (χ3n) is 6.02. The lowest BCUT2D eigenvalue weighted by Gasteiger charge is -2.10. The normalized spacial score (nSPS) is 9.30. The molecule has 230 valence electrons. The molecule has 0 spiro atoms. The number of halogens is 1. The number of phenolic OH excluding ortho intramolecular Hbond substituents is 1. The molecular weight excluding hydrogens is 587 g/mol. The molecule has 0 aromatic heterocycles. The van der Waals surface area contributed by atoms with Crippen molar-refractivity contribution in [2.24, 2.45) is 0 Å². The molecule has 1 N–H and O–H groups in total. The Morgan fingerprint density at radius 1 is 0.891 bits per heavy atom. The first-order chi connectivity index (χ1) is 22.0. The molecule has 4 aromatic rings. The number of benzene rings is 4. The van der Waals surface area contributed by atoms with Crippen molar-refractivity contribution >= 4 is 23.6 Å². The van der Waals surface area contributed by atoms with Gasteiger partial charge < -0.3 is 19.4 Å². The molecule has 4 aromatic carbocycles. The number of nitriles is 2. The van der Waals surface area contributed by atoms with Gasteiger partial charge in [0.05, 0.1) is 38.3 Å². The van der Waals surface area contributed by atoms with Crippen LogP contribution in [0.5, 0.6) is 17.2 Å². The van der Waals surface area contributed by atoms with E-state index in [1.807, 2.05) is 38.1 Å². The fourth-order valence-corrected chi connectivity index (χ4v) is 3.72. The average Bonchev–Trinajstić information content (AvgIpc) is 3.04. The number of esters is 1. The molecule has 46 heavy (non-hydrogen) atoms. The first-order valence-corrected chi connectivity index (χ1v) is 13.7. The van der Waals surface area contributed by atoms with Gasteiger partial charge in [-0.15, -0.1) is 0 Å². The van der Waals surface area contributed by atoms with E-state index in [0.717, 1.165) is 40.7 Å². The number of hydrogen-bond donors (Lipinski definition) is 1. The smallest absolute Gasteiger partial charge is 0.310 e. The Bertz CT molecular complexity index is 1810. The molecule has 0 aliphatic heterocycles. The van der Waals surface area contributed by atoms with Gasteiger partial charge in [0.1, 0.15) is 29.4 Å². The predicted molar refractivity (Wildman–Crippen MR) is 169 cm³/mol. The number of rotatable bonds is 7. The monoisotopic (exact) mass is 616 g/mol. The Balaban J connectivity index is 0.000000256. The van der Waals surface area contributed by atoms with Gasteiger partial charge in [0.2, 0.25) is 0 Å². The summed E-state index contributed by atoms with van der Waals surface area (Å²) in [5.74, 6) is 0.448. The van der Waals surface area contributed by atoms with E-state index in [0.29, 0.717) is 35.8 Å². The van der Waals surface area contributed by atoms with Crippen LogP contribution in [0.15, 0.2) is 72.8 Å². The number of carbonyl (C=O) groups is 2. The topological polar surface area (TPSA) is 129 Å². The number of hydrogen-bond acceptors (Lipinski definition) is 7. The van der Waals surface area contributed by atoms with E-state index in [9.17, 15) is 19.1 Å². The largest absolute Gasteiger partial charge is 0.508 e. The van der Waals surface area contributed by atoms with Crippen LogP contribution in [0.4, 0.5) is 15.8 Å². The minimum atomic E-state index is -0.546. The zero-order valence-corrected chi connectivity index (χ0v) is 25.4. The Kier molecular flexibility index (Phi) is 14.2. The molecular formula is C36H29FN4O5. The molecule has 0 atom stereocenters. The molecule has 4 rings (SSSR count). The first-order valence-electron chi connectivity index (χ1n) is 13.7. The molecule has 0 saturated heterocycles. The maximum atomic E-state index is 12.5. The van der Waals surface area contributed by atoms with Crippen LogP contribution in [-0.2, 0) is 27.2 Å². The summed E-state index contributed by atoms with van der Waals surface area (Å²) in [7, 11) is 0. The van der Waals surface area contributed by atoms with E-state index in [-0.39, 0.29) is 29.4 Å². The van der Waals surface area contributed by atoms with E-state index < -0.39 is 5.82 Å². The third-order valence-corrected chi connectivity index (χ3v) is 6.02. The van der Waals surface area contributed by atoms with E-state index in [2.05, 4.69) is 9.69 Å². The second-order valence-electron chi connectivity index (χ2n) is 9.54.